The molecule has 3 N–H and O–H groups in total. The van der Waals surface area contributed by atoms with Crippen LogP contribution in [-0.2, 0) is 4.79 Å². The predicted molar refractivity (Wildman–Crippen MR) is 78.1 cm³/mol. The molecule has 0 aliphatic carbocycles. The normalized spacial score (nSPS) is 15.8. The zero-order chi connectivity index (χ0) is 13.7. The molecule has 1 rings (SSSR count). The second kappa shape index (κ2) is 6.90. The lowest BCUT2D eigenvalue weighted by atomic mass is 9.98. The summed E-state index contributed by atoms with van der Waals surface area (Å²) in [4.78, 5) is 12.0. The number of nitrogens with one attached hydrogen (secondary N) is 1. The number of hydrogen-bond donors (Lipinski definition) is 2. The largest absolute Gasteiger partial charge is 0.348 e. The van der Waals surface area contributed by atoms with Crippen molar-refractivity contribution in [2.75, 3.05) is 0 Å². The smallest absolute Gasteiger partial charge is 0.237 e. The maximum atomic E-state index is 12.0. The van der Waals surface area contributed by atoms with Gasteiger partial charge in [0.25, 0.3) is 0 Å². The minimum Gasteiger partial charge on any atom is -0.348 e. The van der Waals surface area contributed by atoms with Gasteiger partial charge in [-0.15, -0.1) is 0 Å². The fraction of sp³-hybridized carbons (Fsp3) is 0.500. The van der Waals surface area contributed by atoms with E-state index in [1.807, 2.05) is 45.0 Å². The van der Waals surface area contributed by atoms with Crippen molar-refractivity contribution in [2.24, 2.45) is 11.7 Å². The fourth-order valence-electron chi connectivity index (χ4n) is 1.73. The maximum absolute atomic E-state index is 12.0. The Morgan fingerprint density at radius 2 is 2.00 bits per heavy atom. The van der Waals surface area contributed by atoms with Gasteiger partial charge in [-0.3, -0.25) is 4.79 Å². The second-order valence-corrected chi connectivity index (χ2v) is 5.52. The van der Waals surface area contributed by atoms with Crippen LogP contribution >= 0.6 is 15.9 Å². The number of benzene rings is 1. The summed E-state index contributed by atoms with van der Waals surface area (Å²) in [5.41, 5.74) is 6.97. The fourth-order valence-corrected chi connectivity index (χ4v) is 2.35. The highest BCUT2D eigenvalue weighted by Gasteiger charge is 2.21. The molecule has 0 aliphatic rings. The molecular formula is C14H21BrN2O. The Morgan fingerprint density at radius 3 is 2.56 bits per heavy atom. The molecule has 4 heteroatoms. The minimum atomic E-state index is -0.445. The molecule has 1 aromatic rings. The van der Waals surface area contributed by atoms with E-state index in [2.05, 4.69) is 21.2 Å². The third-order valence-corrected chi connectivity index (χ3v) is 4.01. The maximum Gasteiger partial charge on any atom is 0.237 e. The van der Waals surface area contributed by atoms with Crippen molar-refractivity contribution < 1.29 is 4.79 Å². The van der Waals surface area contributed by atoms with Gasteiger partial charge in [-0.1, -0.05) is 54.4 Å². The van der Waals surface area contributed by atoms with Crippen molar-refractivity contribution in [3.63, 3.8) is 0 Å². The first kappa shape index (κ1) is 15.2. The van der Waals surface area contributed by atoms with Gasteiger partial charge in [-0.2, -0.15) is 0 Å². The molecule has 0 aromatic heterocycles. The summed E-state index contributed by atoms with van der Waals surface area (Å²) >= 11 is 3.48. The van der Waals surface area contributed by atoms with E-state index in [1.165, 1.54) is 0 Å². The van der Waals surface area contributed by atoms with E-state index in [9.17, 15) is 4.79 Å². The average molecular weight is 313 g/mol. The molecular weight excluding hydrogens is 292 g/mol. The molecule has 3 atom stereocenters. The Morgan fingerprint density at radius 1 is 1.39 bits per heavy atom. The van der Waals surface area contributed by atoms with Gasteiger partial charge in [-0.25, -0.2) is 0 Å². The highest BCUT2D eigenvalue weighted by Crippen LogP contribution is 2.22. The molecule has 0 bridgehead atoms. The van der Waals surface area contributed by atoms with Crippen molar-refractivity contribution in [1.29, 1.82) is 0 Å². The van der Waals surface area contributed by atoms with Gasteiger partial charge < -0.3 is 11.1 Å². The number of carbonyl (C=O) groups excluding carboxylic acids is 1. The lowest BCUT2D eigenvalue weighted by molar-refractivity contribution is -0.124. The van der Waals surface area contributed by atoms with Crippen LogP contribution in [0.3, 0.4) is 0 Å². The number of hydrogen-bond acceptors (Lipinski definition) is 2. The Hall–Kier alpha value is -0.870. The van der Waals surface area contributed by atoms with Crippen LogP contribution in [0.15, 0.2) is 28.7 Å². The number of halogens is 1. The topological polar surface area (TPSA) is 55.1 Å². The molecule has 0 unspecified atom stereocenters. The Bertz CT molecular complexity index is 409. The van der Waals surface area contributed by atoms with E-state index >= 15 is 0 Å². The molecule has 0 radical (unpaired) electrons. The molecule has 0 spiro atoms. The van der Waals surface area contributed by atoms with Gasteiger partial charge in [0.05, 0.1) is 12.1 Å². The van der Waals surface area contributed by atoms with Crippen LogP contribution in [0.25, 0.3) is 0 Å². The summed E-state index contributed by atoms with van der Waals surface area (Å²) < 4.78 is 0.995. The molecule has 0 saturated carbocycles. The van der Waals surface area contributed by atoms with Gasteiger partial charge in [0.2, 0.25) is 5.91 Å². The molecule has 3 nitrogen and oxygen atoms in total. The van der Waals surface area contributed by atoms with Crippen LogP contribution in [0.5, 0.6) is 0 Å². The summed E-state index contributed by atoms with van der Waals surface area (Å²) in [5.74, 6) is 0.101. The Labute approximate surface area is 117 Å². The highest BCUT2D eigenvalue weighted by molar-refractivity contribution is 9.10. The number of amides is 1. The minimum absolute atomic E-state index is 0.0526. The molecule has 100 valence electrons. The molecule has 1 aromatic carbocycles. The second-order valence-electron chi connectivity index (χ2n) is 4.66. The van der Waals surface area contributed by atoms with Gasteiger partial charge in [0, 0.05) is 4.47 Å². The summed E-state index contributed by atoms with van der Waals surface area (Å²) in [7, 11) is 0. The first-order valence-corrected chi connectivity index (χ1v) is 7.07. The van der Waals surface area contributed by atoms with Crippen LogP contribution in [-0.4, -0.2) is 11.9 Å². The highest BCUT2D eigenvalue weighted by atomic mass is 79.9. The third-order valence-electron chi connectivity index (χ3n) is 3.29. The zero-order valence-electron chi connectivity index (χ0n) is 11.1. The SMILES string of the molecule is CC[C@H](C)[C@H](N)C(=O)N[C@H](C)c1ccccc1Br. The summed E-state index contributed by atoms with van der Waals surface area (Å²) in [6, 6.07) is 7.36. The van der Waals surface area contributed by atoms with Crippen LogP contribution in [0.2, 0.25) is 0 Å². The molecule has 0 aliphatic heterocycles. The summed E-state index contributed by atoms with van der Waals surface area (Å²) in [6.45, 7) is 5.99. The van der Waals surface area contributed by atoms with E-state index in [-0.39, 0.29) is 17.9 Å². The average Bonchev–Trinajstić information content (AvgIpc) is 2.37. The Kier molecular flexibility index (Phi) is 5.82. The number of carbonyl (C=O) groups is 1. The van der Waals surface area contributed by atoms with Gasteiger partial charge in [0.15, 0.2) is 0 Å². The van der Waals surface area contributed by atoms with Gasteiger partial charge in [-0.05, 0) is 24.5 Å². The van der Waals surface area contributed by atoms with Crippen LogP contribution in [0.1, 0.15) is 38.8 Å². The molecule has 0 heterocycles. The van der Waals surface area contributed by atoms with E-state index < -0.39 is 6.04 Å². The lowest BCUT2D eigenvalue weighted by Gasteiger charge is -2.22. The number of nitrogens with two attached hydrogens (primary N) is 1. The molecule has 18 heavy (non-hydrogen) atoms. The van der Waals surface area contributed by atoms with Gasteiger partial charge >= 0.3 is 0 Å². The first-order chi connectivity index (χ1) is 8.47. The molecule has 0 fully saturated rings. The summed E-state index contributed by atoms with van der Waals surface area (Å²) in [6.07, 6.45) is 0.901. The monoisotopic (exact) mass is 312 g/mol. The van der Waals surface area contributed by atoms with Gasteiger partial charge in [0.1, 0.15) is 0 Å². The molecule has 1 amide bonds. The summed E-state index contributed by atoms with van der Waals surface area (Å²) in [5, 5.41) is 2.96. The molecule has 0 saturated heterocycles. The van der Waals surface area contributed by atoms with E-state index in [4.69, 9.17) is 5.73 Å². The van der Waals surface area contributed by atoms with Crippen LogP contribution in [0, 0.1) is 5.92 Å². The predicted octanol–water partition coefficient (Wildman–Crippen LogP) is 3.00. The van der Waals surface area contributed by atoms with Crippen molar-refractivity contribution in [2.45, 2.75) is 39.3 Å². The first-order valence-electron chi connectivity index (χ1n) is 6.27. The van der Waals surface area contributed by atoms with Crippen molar-refractivity contribution in [3.05, 3.63) is 34.3 Å². The van der Waals surface area contributed by atoms with E-state index in [1.54, 1.807) is 0 Å². The quantitative estimate of drug-likeness (QED) is 0.878. The van der Waals surface area contributed by atoms with E-state index in [0.717, 1.165) is 16.5 Å². The standard InChI is InChI=1S/C14H21BrN2O/c1-4-9(2)13(16)14(18)17-10(3)11-7-5-6-8-12(11)15/h5-10,13H,4,16H2,1-3H3,(H,17,18)/t9-,10+,13-/m0/s1. The van der Waals surface area contributed by atoms with Crippen molar-refractivity contribution in [1.82, 2.24) is 5.32 Å². The number of rotatable bonds is 5. The van der Waals surface area contributed by atoms with Crippen LogP contribution < -0.4 is 11.1 Å². The zero-order valence-corrected chi connectivity index (χ0v) is 12.7. The Balaban J connectivity index is 2.68. The van der Waals surface area contributed by atoms with Crippen molar-refractivity contribution in [3.8, 4) is 0 Å². The third kappa shape index (κ3) is 3.82. The lowest BCUT2D eigenvalue weighted by Crippen LogP contribution is -2.45. The van der Waals surface area contributed by atoms with E-state index in [0.29, 0.717) is 0 Å². The van der Waals surface area contributed by atoms with Crippen molar-refractivity contribution >= 4 is 21.8 Å². The van der Waals surface area contributed by atoms with Crippen LogP contribution in [0.4, 0.5) is 0 Å².